The zero-order valence-corrected chi connectivity index (χ0v) is 7.35. The van der Waals surface area contributed by atoms with Crippen molar-refractivity contribution in [2.75, 3.05) is 13.6 Å². The normalized spacial score (nSPS) is 8.18. The summed E-state index contributed by atoms with van der Waals surface area (Å²) in [4.78, 5) is 21.9. The molecule has 66 valence electrons. The summed E-state index contributed by atoms with van der Waals surface area (Å²) in [6, 6.07) is 0. The average molecular weight is 182 g/mol. The summed E-state index contributed by atoms with van der Waals surface area (Å²) < 4.78 is 0. The van der Waals surface area contributed by atoms with E-state index < -0.39 is 5.97 Å². The molecule has 1 N–H and O–H groups in total. The van der Waals surface area contributed by atoms with Crippen LogP contribution in [0, 0.1) is 0 Å². The molecule has 0 aliphatic rings. The number of nitrogens with zero attached hydrogens (tertiary/aromatic N) is 1. The average Bonchev–Trinajstić information content (AvgIpc) is 1.85. The van der Waals surface area contributed by atoms with Gasteiger partial charge < -0.3 is 10.0 Å². The molecule has 0 aromatic rings. The van der Waals surface area contributed by atoms with Gasteiger partial charge in [0.25, 0.3) is 0 Å². The number of carbonyl (C=O) groups is 2. The van der Waals surface area contributed by atoms with Gasteiger partial charge in [-0.2, -0.15) is 0 Å². The Balaban J connectivity index is 0. The first kappa shape index (κ1) is 12.9. The van der Waals surface area contributed by atoms with Gasteiger partial charge in [-0.05, 0) is 0 Å². The molecule has 0 saturated heterocycles. The molecule has 0 aromatic heterocycles. The first-order chi connectivity index (χ1) is 4.57. The maximum atomic E-state index is 10.7. The zero-order chi connectivity index (χ0) is 8.15. The van der Waals surface area contributed by atoms with E-state index in [1.807, 2.05) is 0 Å². The van der Waals surface area contributed by atoms with Gasteiger partial charge in [-0.3, -0.25) is 9.59 Å². The molecule has 11 heavy (non-hydrogen) atoms. The van der Waals surface area contributed by atoms with Crippen LogP contribution in [0.3, 0.4) is 0 Å². The predicted molar refractivity (Wildman–Crippen MR) is 42.8 cm³/mol. The third kappa shape index (κ3) is 5.66. The molecule has 0 radical (unpaired) electrons. The van der Waals surface area contributed by atoms with Crippen LogP contribution in [0.4, 0.5) is 0 Å². The first-order valence-corrected chi connectivity index (χ1v) is 3.03. The maximum Gasteiger partial charge on any atom is 0.323 e. The van der Waals surface area contributed by atoms with Crippen LogP contribution in [0.25, 0.3) is 0 Å². The van der Waals surface area contributed by atoms with Gasteiger partial charge in [0.2, 0.25) is 5.91 Å². The largest absolute Gasteiger partial charge is 0.480 e. The molecule has 0 unspecified atom stereocenters. The lowest BCUT2D eigenvalue weighted by Gasteiger charge is -2.12. The standard InChI is InChI=1S/C6H11NO3.ClH/c1-3-5(8)7(2)4-6(9)10;/h3-4H2,1-2H3,(H,9,10);1H. The molecule has 0 aliphatic carbocycles. The number of hydrogen-bond acceptors (Lipinski definition) is 2. The summed E-state index contributed by atoms with van der Waals surface area (Å²) in [7, 11) is 1.47. The van der Waals surface area contributed by atoms with E-state index in [2.05, 4.69) is 0 Å². The van der Waals surface area contributed by atoms with Gasteiger partial charge in [0, 0.05) is 13.5 Å². The van der Waals surface area contributed by atoms with Crippen molar-refractivity contribution < 1.29 is 14.7 Å². The molecule has 1 amide bonds. The highest BCUT2D eigenvalue weighted by Crippen LogP contribution is 1.87. The molecule has 0 spiro atoms. The second-order valence-corrected chi connectivity index (χ2v) is 2.00. The van der Waals surface area contributed by atoms with Gasteiger partial charge in [-0.15, -0.1) is 12.4 Å². The number of likely N-dealkylation sites (N-methyl/N-ethyl adjacent to an activating group) is 1. The lowest BCUT2D eigenvalue weighted by molar-refractivity contribution is -0.143. The highest BCUT2D eigenvalue weighted by molar-refractivity contribution is 5.85. The molecular weight excluding hydrogens is 170 g/mol. The van der Waals surface area contributed by atoms with Crippen LogP contribution < -0.4 is 0 Å². The molecule has 0 rings (SSSR count). The molecular formula is C6H12ClNO3. The Labute approximate surface area is 71.6 Å². The highest BCUT2D eigenvalue weighted by Gasteiger charge is 2.08. The van der Waals surface area contributed by atoms with Gasteiger partial charge in [0.15, 0.2) is 0 Å². The number of rotatable bonds is 3. The topological polar surface area (TPSA) is 57.6 Å². The molecule has 0 atom stereocenters. The van der Waals surface area contributed by atoms with E-state index in [0.29, 0.717) is 6.42 Å². The summed E-state index contributed by atoms with van der Waals surface area (Å²) in [5, 5.41) is 8.23. The number of aliphatic carboxylic acids is 1. The van der Waals surface area contributed by atoms with E-state index in [0.717, 1.165) is 0 Å². The number of amides is 1. The van der Waals surface area contributed by atoms with Crippen LogP contribution >= 0.6 is 12.4 Å². The van der Waals surface area contributed by atoms with Crippen molar-refractivity contribution in [3.8, 4) is 0 Å². The number of carboxylic acid groups (broad SMARTS) is 1. The summed E-state index contributed by atoms with van der Waals surface area (Å²) in [6.07, 6.45) is 0.351. The Kier molecular flexibility index (Phi) is 6.99. The molecule has 0 aromatic carbocycles. The third-order valence-corrected chi connectivity index (χ3v) is 1.10. The second-order valence-electron chi connectivity index (χ2n) is 2.00. The Hall–Kier alpha value is -0.770. The number of halogens is 1. The lowest BCUT2D eigenvalue weighted by atomic mass is 10.4. The summed E-state index contributed by atoms with van der Waals surface area (Å²) in [5.74, 6) is -1.13. The van der Waals surface area contributed by atoms with Crippen LogP contribution in [-0.4, -0.2) is 35.5 Å². The Bertz CT molecular complexity index is 149. The second kappa shape index (κ2) is 5.97. The van der Waals surface area contributed by atoms with E-state index in [1.54, 1.807) is 6.92 Å². The quantitative estimate of drug-likeness (QED) is 0.684. The third-order valence-electron chi connectivity index (χ3n) is 1.10. The Morgan fingerprint density at radius 3 is 2.18 bits per heavy atom. The summed E-state index contributed by atoms with van der Waals surface area (Å²) in [5.41, 5.74) is 0. The Morgan fingerprint density at radius 2 is 1.91 bits per heavy atom. The number of hydrogen-bond donors (Lipinski definition) is 1. The molecule has 0 bridgehead atoms. The molecule has 5 heteroatoms. The fourth-order valence-corrected chi connectivity index (χ4v) is 0.561. The lowest BCUT2D eigenvalue weighted by Crippen LogP contribution is -2.31. The van der Waals surface area contributed by atoms with Gasteiger partial charge in [0.05, 0.1) is 0 Å². The molecule has 0 aliphatic heterocycles. The fourth-order valence-electron chi connectivity index (χ4n) is 0.561. The van der Waals surface area contributed by atoms with Crippen LogP contribution in [0.2, 0.25) is 0 Å². The summed E-state index contributed by atoms with van der Waals surface area (Å²) in [6.45, 7) is 1.48. The van der Waals surface area contributed by atoms with Crippen molar-refractivity contribution in [3.05, 3.63) is 0 Å². The van der Waals surface area contributed by atoms with Crippen molar-refractivity contribution in [3.63, 3.8) is 0 Å². The van der Waals surface area contributed by atoms with Crippen LogP contribution in [-0.2, 0) is 9.59 Å². The van der Waals surface area contributed by atoms with Gasteiger partial charge in [-0.25, -0.2) is 0 Å². The van der Waals surface area contributed by atoms with E-state index >= 15 is 0 Å². The van der Waals surface area contributed by atoms with E-state index in [4.69, 9.17) is 5.11 Å². The molecule has 0 saturated carbocycles. The highest BCUT2D eigenvalue weighted by atomic mass is 35.5. The smallest absolute Gasteiger partial charge is 0.323 e. The van der Waals surface area contributed by atoms with Crippen LogP contribution in [0.15, 0.2) is 0 Å². The van der Waals surface area contributed by atoms with E-state index in [9.17, 15) is 9.59 Å². The zero-order valence-electron chi connectivity index (χ0n) is 6.53. The predicted octanol–water partition coefficient (Wildman–Crippen LogP) is 0.361. The minimum atomic E-state index is -0.982. The van der Waals surface area contributed by atoms with Crippen molar-refractivity contribution in [2.45, 2.75) is 13.3 Å². The van der Waals surface area contributed by atoms with Gasteiger partial charge in [0.1, 0.15) is 6.54 Å². The molecule has 4 nitrogen and oxygen atoms in total. The van der Waals surface area contributed by atoms with Crippen LogP contribution in [0.1, 0.15) is 13.3 Å². The van der Waals surface area contributed by atoms with Crippen molar-refractivity contribution >= 4 is 24.3 Å². The van der Waals surface area contributed by atoms with Crippen molar-refractivity contribution in [1.82, 2.24) is 4.90 Å². The molecule has 0 heterocycles. The monoisotopic (exact) mass is 181 g/mol. The first-order valence-electron chi connectivity index (χ1n) is 3.03. The number of carbonyl (C=O) groups excluding carboxylic acids is 1. The van der Waals surface area contributed by atoms with Crippen molar-refractivity contribution in [2.24, 2.45) is 0 Å². The fraction of sp³-hybridized carbons (Fsp3) is 0.667. The van der Waals surface area contributed by atoms with Gasteiger partial charge >= 0.3 is 5.97 Å². The SMILES string of the molecule is CCC(=O)N(C)CC(=O)O.Cl. The van der Waals surface area contributed by atoms with Crippen molar-refractivity contribution in [1.29, 1.82) is 0 Å². The summed E-state index contributed by atoms with van der Waals surface area (Å²) >= 11 is 0. The van der Waals surface area contributed by atoms with Crippen LogP contribution in [0.5, 0.6) is 0 Å². The van der Waals surface area contributed by atoms with E-state index in [-0.39, 0.29) is 24.9 Å². The minimum Gasteiger partial charge on any atom is -0.480 e. The maximum absolute atomic E-state index is 10.7. The Morgan fingerprint density at radius 1 is 1.45 bits per heavy atom. The molecule has 0 fully saturated rings. The minimum absolute atomic E-state index is 0. The van der Waals surface area contributed by atoms with Gasteiger partial charge in [-0.1, -0.05) is 6.92 Å². The van der Waals surface area contributed by atoms with E-state index in [1.165, 1.54) is 11.9 Å². The number of carboxylic acids is 1.